The lowest BCUT2D eigenvalue weighted by molar-refractivity contribution is -0.384. The Hall–Kier alpha value is -1.37. The number of halogens is 2. The van der Waals surface area contributed by atoms with E-state index >= 15 is 0 Å². The highest BCUT2D eigenvalue weighted by molar-refractivity contribution is 6.44. The molecule has 0 aliphatic heterocycles. The van der Waals surface area contributed by atoms with Gasteiger partial charge in [0.15, 0.2) is 0 Å². The normalized spacial score (nSPS) is 10.3. The maximum absolute atomic E-state index is 11.9. The molecule has 0 spiro atoms. The maximum atomic E-state index is 11.9. The van der Waals surface area contributed by atoms with Crippen molar-refractivity contribution in [3.05, 3.63) is 37.9 Å². The standard InChI is InChI=1S/C11H13Cl2N3O3/c1-2-14-3-4-15-11(17)8-5-7(16(18)19)6-9(12)10(8)13/h5-6,14H,2-4H2,1H3,(H,15,17). The minimum atomic E-state index is -0.627. The summed E-state index contributed by atoms with van der Waals surface area (Å²) >= 11 is 11.6. The van der Waals surface area contributed by atoms with Crippen molar-refractivity contribution in [3.8, 4) is 0 Å². The zero-order valence-electron chi connectivity index (χ0n) is 10.2. The number of non-ortho nitro benzene ring substituents is 1. The van der Waals surface area contributed by atoms with Gasteiger partial charge in [-0.25, -0.2) is 0 Å². The van der Waals surface area contributed by atoms with Crippen molar-refractivity contribution in [3.63, 3.8) is 0 Å². The highest BCUT2D eigenvalue weighted by Gasteiger charge is 2.19. The van der Waals surface area contributed by atoms with Gasteiger partial charge in [-0.2, -0.15) is 0 Å². The van der Waals surface area contributed by atoms with Gasteiger partial charge in [0.2, 0.25) is 0 Å². The Bertz CT molecular complexity index is 494. The summed E-state index contributed by atoms with van der Waals surface area (Å²) in [6.45, 7) is 3.73. The van der Waals surface area contributed by atoms with Gasteiger partial charge in [-0.05, 0) is 6.54 Å². The Balaban J connectivity index is 2.86. The smallest absolute Gasteiger partial charge is 0.271 e. The lowest BCUT2D eigenvalue weighted by Crippen LogP contribution is -2.31. The maximum Gasteiger partial charge on any atom is 0.271 e. The van der Waals surface area contributed by atoms with Crippen LogP contribution < -0.4 is 10.6 Å². The molecule has 1 aromatic rings. The van der Waals surface area contributed by atoms with E-state index in [2.05, 4.69) is 10.6 Å². The number of hydrogen-bond acceptors (Lipinski definition) is 4. The third-order valence-corrected chi connectivity index (χ3v) is 3.11. The van der Waals surface area contributed by atoms with Gasteiger partial charge in [0.05, 0.1) is 20.5 Å². The molecule has 0 heterocycles. The first-order valence-corrected chi connectivity index (χ1v) is 6.35. The number of carbonyl (C=O) groups excluding carboxylic acids is 1. The molecule has 0 atom stereocenters. The molecule has 0 radical (unpaired) electrons. The average molecular weight is 306 g/mol. The summed E-state index contributed by atoms with van der Waals surface area (Å²) in [7, 11) is 0. The van der Waals surface area contributed by atoms with E-state index in [0.29, 0.717) is 13.1 Å². The number of nitro groups is 1. The van der Waals surface area contributed by atoms with Crippen LogP contribution in [0.5, 0.6) is 0 Å². The highest BCUT2D eigenvalue weighted by Crippen LogP contribution is 2.30. The largest absolute Gasteiger partial charge is 0.351 e. The summed E-state index contributed by atoms with van der Waals surface area (Å²) in [5, 5.41) is 16.3. The van der Waals surface area contributed by atoms with Crippen LogP contribution in [-0.4, -0.2) is 30.5 Å². The third-order valence-electron chi connectivity index (χ3n) is 2.31. The van der Waals surface area contributed by atoms with Gasteiger partial charge in [0, 0.05) is 25.2 Å². The molecule has 0 unspecified atom stereocenters. The molecule has 0 aliphatic carbocycles. The van der Waals surface area contributed by atoms with E-state index in [9.17, 15) is 14.9 Å². The predicted octanol–water partition coefficient (Wildman–Crippen LogP) is 2.24. The number of carbonyl (C=O) groups is 1. The Labute approximate surface area is 120 Å². The van der Waals surface area contributed by atoms with Gasteiger partial charge in [0.1, 0.15) is 0 Å². The summed E-state index contributed by atoms with van der Waals surface area (Å²) in [5.74, 6) is -0.492. The van der Waals surface area contributed by atoms with E-state index in [-0.39, 0.29) is 21.3 Å². The van der Waals surface area contributed by atoms with Crippen LogP contribution >= 0.6 is 23.2 Å². The van der Waals surface area contributed by atoms with Crippen molar-refractivity contribution in [1.29, 1.82) is 0 Å². The summed E-state index contributed by atoms with van der Waals surface area (Å²) in [4.78, 5) is 21.9. The number of rotatable bonds is 6. The van der Waals surface area contributed by atoms with Crippen molar-refractivity contribution in [2.75, 3.05) is 19.6 Å². The summed E-state index contributed by atoms with van der Waals surface area (Å²) in [6, 6.07) is 2.22. The van der Waals surface area contributed by atoms with Crippen LogP contribution in [-0.2, 0) is 0 Å². The van der Waals surface area contributed by atoms with Crippen LogP contribution in [0.25, 0.3) is 0 Å². The van der Waals surface area contributed by atoms with E-state index in [1.165, 1.54) is 0 Å². The number of nitro benzene ring substituents is 1. The lowest BCUT2D eigenvalue weighted by Gasteiger charge is -2.08. The molecule has 0 fully saturated rings. The predicted molar refractivity (Wildman–Crippen MR) is 74.0 cm³/mol. The molecule has 2 N–H and O–H groups in total. The van der Waals surface area contributed by atoms with Crippen LogP contribution in [0.2, 0.25) is 10.0 Å². The zero-order chi connectivity index (χ0) is 14.4. The molecule has 0 bridgehead atoms. The first-order valence-electron chi connectivity index (χ1n) is 5.59. The fourth-order valence-corrected chi connectivity index (χ4v) is 1.79. The van der Waals surface area contributed by atoms with E-state index in [1.807, 2.05) is 6.92 Å². The number of likely N-dealkylation sites (N-methyl/N-ethyl adjacent to an activating group) is 1. The van der Waals surface area contributed by atoms with Crippen molar-refractivity contribution in [2.45, 2.75) is 6.92 Å². The minimum absolute atomic E-state index is 0.00244. The summed E-state index contributed by atoms with van der Waals surface area (Å²) in [5.41, 5.74) is -0.274. The zero-order valence-corrected chi connectivity index (χ0v) is 11.7. The molecule has 8 heteroatoms. The summed E-state index contributed by atoms with van der Waals surface area (Å²) < 4.78 is 0. The fourth-order valence-electron chi connectivity index (χ4n) is 1.38. The van der Waals surface area contributed by atoms with Crippen LogP contribution in [0.4, 0.5) is 5.69 Å². The second kappa shape index (κ2) is 7.28. The molecule has 1 aromatic carbocycles. The van der Waals surface area contributed by atoms with Crippen LogP contribution in [0.3, 0.4) is 0 Å². The number of amides is 1. The molecule has 0 saturated heterocycles. The fraction of sp³-hybridized carbons (Fsp3) is 0.364. The molecule has 6 nitrogen and oxygen atoms in total. The average Bonchev–Trinajstić information content (AvgIpc) is 2.37. The molecule has 104 valence electrons. The van der Waals surface area contributed by atoms with Crippen LogP contribution in [0, 0.1) is 10.1 Å². The lowest BCUT2D eigenvalue weighted by atomic mass is 10.2. The molecule has 0 saturated carbocycles. The molecular formula is C11H13Cl2N3O3. The van der Waals surface area contributed by atoms with E-state index in [1.54, 1.807) is 0 Å². The van der Waals surface area contributed by atoms with Gasteiger partial charge in [-0.3, -0.25) is 14.9 Å². The third kappa shape index (κ3) is 4.34. The Morgan fingerprint density at radius 2 is 2.05 bits per heavy atom. The van der Waals surface area contributed by atoms with Crippen molar-refractivity contribution in [2.24, 2.45) is 0 Å². The molecule has 19 heavy (non-hydrogen) atoms. The SMILES string of the molecule is CCNCCNC(=O)c1cc([N+](=O)[O-])cc(Cl)c1Cl. The quantitative estimate of drug-likeness (QED) is 0.479. The minimum Gasteiger partial charge on any atom is -0.351 e. The van der Waals surface area contributed by atoms with Crippen molar-refractivity contribution in [1.82, 2.24) is 10.6 Å². The van der Waals surface area contributed by atoms with Gasteiger partial charge < -0.3 is 10.6 Å². The van der Waals surface area contributed by atoms with Gasteiger partial charge in [-0.1, -0.05) is 30.1 Å². The molecule has 0 aliphatic rings. The van der Waals surface area contributed by atoms with Crippen LogP contribution in [0.15, 0.2) is 12.1 Å². The Kier molecular flexibility index (Phi) is 6.01. The molecule has 0 aromatic heterocycles. The van der Waals surface area contributed by atoms with E-state index < -0.39 is 10.8 Å². The molecule has 1 rings (SSSR count). The number of nitrogens with one attached hydrogen (secondary N) is 2. The van der Waals surface area contributed by atoms with Crippen molar-refractivity contribution >= 4 is 34.8 Å². The van der Waals surface area contributed by atoms with Gasteiger partial charge in [0.25, 0.3) is 11.6 Å². The summed E-state index contributed by atoms with van der Waals surface area (Å²) in [6.07, 6.45) is 0. The molecule has 1 amide bonds. The van der Waals surface area contributed by atoms with Gasteiger partial charge >= 0.3 is 0 Å². The highest BCUT2D eigenvalue weighted by atomic mass is 35.5. The van der Waals surface area contributed by atoms with Crippen molar-refractivity contribution < 1.29 is 9.72 Å². The monoisotopic (exact) mass is 305 g/mol. The van der Waals surface area contributed by atoms with E-state index in [0.717, 1.165) is 18.7 Å². The van der Waals surface area contributed by atoms with E-state index in [4.69, 9.17) is 23.2 Å². The number of hydrogen-bond donors (Lipinski definition) is 2. The number of nitrogens with zero attached hydrogens (tertiary/aromatic N) is 1. The topological polar surface area (TPSA) is 84.3 Å². The Morgan fingerprint density at radius 1 is 1.37 bits per heavy atom. The van der Waals surface area contributed by atoms with Gasteiger partial charge in [-0.15, -0.1) is 0 Å². The first kappa shape index (κ1) is 15.7. The second-order valence-corrected chi connectivity index (χ2v) is 4.44. The first-order chi connectivity index (χ1) is 8.97. The van der Waals surface area contributed by atoms with Crippen LogP contribution in [0.1, 0.15) is 17.3 Å². The second-order valence-electron chi connectivity index (χ2n) is 3.66. The Morgan fingerprint density at radius 3 is 2.63 bits per heavy atom. The number of benzene rings is 1. The molecular weight excluding hydrogens is 293 g/mol.